The van der Waals surface area contributed by atoms with E-state index in [1.54, 1.807) is 33.4 Å². The number of alkyl halides is 3. The largest absolute Gasteiger partial charge is 0.493 e. The highest BCUT2D eigenvalue weighted by Crippen LogP contribution is 2.63. The van der Waals surface area contributed by atoms with Gasteiger partial charge in [0.2, 0.25) is 5.91 Å². The summed E-state index contributed by atoms with van der Waals surface area (Å²) in [6.45, 7) is 0.652. The SMILES string of the molecule is CNC(=O)[C@@H](c1ccccc1)N1CCc2cc(OC)c(OC)cc2C12CC2Cc1ccc(C(F)(F)F)cc1. The molecule has 2 unspecified atom stereocenters. The smallest absolute Gasteiger partial charge is 0.416 e. The maximum absolute atomic E-state index is 13.4. The van der Waals surface area contributed by atoms with Gasteiger partial charge in [-0.3, -0.25) is 9.69 Å². The van der Waals surface area contributed by atoms with Crippen LogP contribution < -0.4 is 14.8 Å². The highest BCUT2D eigenvalue weighted by atomic mass is 19.4. The number of carbonyl (C=O) groups is 1. The van der Waals surface area contributed by atoms with Crippen molar-refractivity contribution in [1.29, 1.82) is 0 Å². The van der Waals surface area contributed by atoms with E-state index in [1.165, 1.54) is 0 Å². The third-order valence-electron chi connectivity index (χ3n) is 7.97. The molecule has 1 spiro atoms. The molecule has 5 rings (SSSR count). The molecule has 200 valence electrons. The fraction of sp³-hybridized carbons (Fsp3) is 0.367. The van der Waals surface area contributed by atoms with E-state index in [1.807, 2.05) is 42.5 Å². The molecular formula is C30H31F3N2O3. The average molecular weight is 525 g/mol. The summed E-state index contributed by atoms with van der Waals surface area (Å²) in [7, 11) is 4.85. The Morgan fingerprint density at radius 2 is 1.71 bits per heavy atom. The Morgan fingerprint density at radius 3 is 2.32 bits per heavy atom. The van der Waals surface area contributed by atoms with Crippen LogP contribution in [0.4, 0.5) is 13.2 Å². The molecule has 1 aliphatic carbocycles. The number of nitrogens with zero attached hydrogens (tertiary/aromatic N) is 1. The van der Waals surface area contributed by atoms with E-state index in [9.17, 15) is 18.0 Å². The summed E-state index contributed by atoms with van der Waals surface area (Å²) in [5, 5.41) is 2.84. The number of methoxy groups -OCH3 is 2. The fourth-order valence-electron chi connectivity index (χ4n) is 6.08. The summed E-state index contributed by atoms with van der Waals surface area (Å²) in [5.74, 6) is 1.27. The predicted molar refractivity (Wildman–Crippen MR) is 138 cm³/mol. The molecule has 8 heteroatoms. The van der Waals surface area contributed by atoms with Gasteiger partial charge >= 0.3 is 6.18 Å². The molecule has 2 aliphatic rings. The summed E-state index contributed by atoms with van der Waals surface area (Å²) in [6, 6.07) is 18.6. The number of rotatable bonds is 7. The van der Waals surface area contributed by atoms with Crippen LogP contribution in [-0.2, 0) is 29.4 Å². The lowest BCUT2D eigenvalue weighted by atomic mass is 9.85. The number of benzene rings is 3. The molecule has 38 heavy (non-hydrogen) atoms. The first-order valence-corrected chi connectivity index (χ1v) is 12.7. The summed E-state index contributed by atoms with van der Waals surface area (Å²) < 4.78 is 50.6. The van der Waals surface area contributed by atoms with Crippen molar-refractivity contribution >= 4 is 5.91 Å². The molecule has 1 heterocycles. The number of ether oxygens (including phenoxy) is 2. The van der Waals surface area contributed by atoms with Gasteiger partial charge in [-0.2, -0.15) is 13.2 Å². The van der Waals surface area contributed by atoms with Gasteiger partial charge in [0.25, 0.3) is 0 Å². The van der Waals surface area contributed by atoms with E-state index < -0.39 is 23.3 Å². The molecule has 1 saturated carbocycles. The average Bonchev–Trinajstić information content (AvgIpc) is 3.62. The van der Waals surface area contributed by atoms with Crippen LogP contribution in [0.3, 0.4) is 0 Å². The number of carbonyl (C=O) groups excluding carboxylic acids is 1. The van der Waals surface area contributed by atoms with Crippen LogP contribution in [-0.4, -0.2) is 38.6 Å². The van der Waals surface area contributed by atoms with E-state index in [2.05, 4.69) is 10.2 Å². The zero-order chi connectivity index (χ0) is 27.1. The molecular weight excluding hydrogens is 493 g/mol. The maximum Gasteiger partial charge on any atom is 0.416 e. The minimum absolute atomic E-state index is 0.0975. The van der Waals surface area contributed by atoms with E-state index in [-0.39, 0.29) is 11.8 Å². The van der Waals surface area contributed by atoms with Gasteiger partial charge in [0, 0.05) is 13.6 Å². The van der Waals surface area contributed by atoms with Crippen LogP contribution in [0.1, 0.15) is 40.3 Å². The topological polar surface area (TPSA) is 50.8 Å². The molecule has 0 aromatic heterocycles. The molecule has 3 aromatic carbocycles. The standard InChI is InChI=1S/C30H31F3N2O3/c1-34-28(36)27(20-7-5-4-6-8-20)35-14-13-21-16-25(37-2)26(38-3)17-24(21)29(35)18-23(29)15-19-9-11-22(12-10-19)30(31,32)33/h4-12,16-17,23,27H,13-15,18H2,1-3H3,(H,34,36)/t23?,27-,29?/m1/s1. The second kappa shape index (κ2) is 9.98. The molecule has 1 fully saturated rings. The van der Waals surface area contributed by atoms with Gasteiger partial charge in [0.1, 0.15) is 6.04 Å². The van der Waals surface area contributed by atoms with Gasteiger partial charge in [0.15, 0.2) is 11.5 Å². The Labute approximate surface area is 220 Å². The Bertz CT molecular complexity index is 1310. The molecule has 0 bridgehead atoms. The Morgan fingerprint density at radius 1 is 1.05 bits per heavy atom. The van der Waals surface area contributed by atoms with Gasteiger partial charge in [-0.1, -0.05) is 42.5 Å². The van der Waals surface area contributed by atoms with Gasteiger partial charge in [0.05, 0.1) is 25.3 Å². The summed E-state index contributed by atoms with van der Waals surface area (Å²) in [6.07, 6.45) is -2.27. The normalized spacial score (nSPS) is 21.5. The van der Waals surface area contributed by atoms with Crippen molar-refractivity contribution in [3.05, 3.63) is 94.5 Å². The van der Waals surface area contributed by atoms with Gasteiger partial charge in [-0.05, 0) is 71.7 Å². The monoisotopic (exact) mass is 524 g/mol. The van der Waals surface area contributed by atoms with Gasteiger partial charge in [-0.15, -0.1) is 0 Å². The Balaban J connectivity index is 1.58. The maximum atomic E-state index is 13.4. The van der Waals surface area contributed by atoms with Crippen LogP contribution in [0, 0.1) is 5.92 Å². The minimum atomic E-state index is -4.37. The van der Waals surface area contributed by atoms with E-state index in [4.69, 9.17) is 9.47 Å². The van der Waals surface area contributed by atoms with Crippen LogP contribution in [0.15, 0.2) is 66.7 Å². The van der Waals surface area contributed by atoms with Gasteiger partial charge in [-0.25, -0.2) is 0 Å². The first-order chi connectivity index (χ1) is 18.2. The third-order valence-corrected chi connectivity index (χ3v) is 7.97. The van der Waals surface area contributed by atoms with Crippen LogP contribution in [0.2, 0.25) is 0 Å². The van der Waals surface area contributed by atoms with Crippen molar-refractivity contribution < 1.29 is 27.4 Å². The number of nitrogens with one attached hydrogen (secondary N) is 1. The van der Waals surface area contributed by atoms with Gasteiger partial charge < -0.3 is 14.8 Å². The predicted octanol–water partition coefficient (Wildman–Crippen LogP) is 5.53. The van der Waals surface area contributed by atoms with Crippen molar-refractivity contribution in [1.82, 2.24) is 10.2 Å². The van der Waals surface area contributed by atoms with E-state index in [0.717, 1.165) is 47.2 Å². The van der Waals surface area contributed by atoms with Crippen molar-refractivity contribution in [2.45, 2.75) is 37.0 Å². The summed E-state index contributed by atoms with van der Waals surface area (Å²) in [5.41, 5.74) is 2.83. The number of hydrogen-bond donors (Lipinski definition) is 1. The van der Waals surface area contributed by atoms with Crippen LogP contribution >= 0.6 is 0 Å². The van der Waals surface area contributed by atoms with Crippen molar-refractivity contribution in [3.8, 4) is 11.5 Å². The molecule has 0 saturated heterocycles. The molecule has 1 amide bonds. The van der Waals surface area contributed by atoms with Crippen molar-refractivity contribution in [2.75, 3.05) is 27.8 Å². The highest BCUT2D eigenvalue weighted by molar-refractivity contribution is 5.83. The minimum Gasteiger partial charge on any atom is -0.493 e. The molecule has 5 nitrogen and oxygen atoms in total. The van der Waals surface area contributed by atoms with Crippen molar-refractivity contribution in [3.63, 3.8) is 0 Å². The van der Waals surface area contributed by atoms with E-state index in [0.29, 0.717) is 24.5 Å². The number of amides is 1. The Hall–Kier alpha value is -3.52. The molecule has 1 N–H and O–H groups in total. The molecule has 3 aromatic rings. The lowest BCUT2D eigenvalue weighted by molar-refractivity contribution is -0.137. The van der Waals surface area contributed by atoms with Crippen molar-refractivity contribution in [2.24, 2.45) is 5.92 Å². The number of halogens is 3. The molecule has 0 radical (unpaired) electrons. The second-order valence-electron chi connectivity index (χ2n) is 9.96. The highest BCUT2D eigenvalue weighted by Gasteiger charge is 2.63. The summed E-state index contributed by atoms with van der Waals surface area (Å²) >= 11 is 0. The van der Waals surface area contributed by atoms with E-state index >= 15 is 0 Å². The van der Waals surface area contributed by atoms with Crippen LogP contribution in [0.5, 0.6) is 11.5 Å². The molecule has 3 atom stereocenters. The third kappa shape index (κ3) is 4.51. The number of hydrogen-bond acceptors (Lipinski definition) is 4. The Kier molecular flexibility index (Phi) is 6.86. The fourth-order valence-corrected chi connectivity index (χ4v) is 6.08. The van der Waals surface area contributed by atoms with Crippen LogP contribution in [0.25, 0.3) is 0 Å². The number of fused-ring (bicyclic) bond motifs is 2. The first-order valence-electron chi connectivity index (χ1n) is 12.7. The molecule has 1 aliphatic heterocycles. The summed E-state index contributed by atoms with van der Waals surface area (Å²) in [4.78, 5) is 15.6. The second-order valence-corrected chi connectivity index (χ2v) is 9.96. The lowest BCUT2D eigenvalue weighted by Crippen LogP contribution is -2.49. The number of likely N-dealkylation sites (N-methyl/N-ethyl adjacent to an activating group) is 1. The quantitative estimate of drug-likeness (QED) is 0.442. The first kappa shape index (κ1) is 26.1. The zero-order valence-electron chi connectivity index (χ0n) is 21.6. The zero-order valence-corrected chi connectivity index (χ0v) is 21.6. The lowest BCUT2D eigenvalue weighted by Gasteiger charge is -2.43.